The van der Waals surface area contributed by atoms with E-state index < -0.39 is 0 Å². The zero-order chi connectivity index (χ0) is 14.5. The normalized spacial score (nSPS) is 10.6. The third-order valence-corrected chi connectivity index (χ3v) is 3.69. The molecule has 0 saturated heterocycles. The molecule has 1 N–H and O–H groups in total. The van der Waals surface area contributed by atoms with Gasteiger partial charge in [0.1, 0.15) is 16.7 Å². The number of hydrogen-bond donors (Lipinski definition) is 1. The maximum Gasteiger partial charge on any atom is 0.194 e. The van der Waals surface area contributed by atoms with Gasteiger partial charge in [0.2, 0.25) is 0 Å². The number of nitrogens with one attached hydrogen (secondary N) is 1. The molecule has 2 aromatic heterocycles. The summed E-state index contributed by atoms with van der Waals surface area (Å²) in [5, 5.41) is 4.96. The Morgan fingerprint density at radius 3 is 2.65 bits per heavy atom. The van der Waals surface area contributed by atoms with E-state index in [4.69, 9.17) is 0 Å². The molecule has 106 valence electrons. The summed E-state index contributed by atoms with van der Waals surface area (Å²) in [5.74, 6) is 1.65. The lowest BCUT2D eigenvalue weighted by Gasteiger charge is -2.11. The molecule has 2 aromatic rings. The molecule has 0 amide bonds. The Kier molecular flexibility index (Phi) is 4.89. The molecule has 2 rings (SSSR count). The predicted molar refractivity (Wildman–Crippen MR) is 81.2 cm³/mol. The Labute approximate surface area is 123 Å². The minimum Gasteiger partial charge on any atom is -0.370 e. The number of anilines is 1. The van der Waals surface area contributed by atoms with Gasteiger partial charge in [0.05, 0.1) is 0 Å². The van der Waals surface area contributed by atoms with Gasteiger partial charge in [0.15, 0.2) is 5.16 Å². The molecule has 5 nitrogen and oxygen atoms in total. The van der Waals surface area contributed by atoms with Crippen molar-refractivity contribution < 1.29 is 0 Å². The van der Waals surface area contributed by atoms with Crippen LogP contribution in [0.4, 0.5) is 5.82 Å². The molecule has 0 aliphatic carbocycles. The summed E-state index contributed by atoms with van der Waals surface area (Å²) in [6.45, 7) is 8.92. The van der Waals surface area contributed by atoms with Crippen LogP contribution >= 0.6 is 11.8 Å². The van der Waals surface area contributed by atoms with Gasteiger partial charge in [-0.1, -0.05) is 6.92 Å². The van der Waals surface area contributed by atoms with Crippen molar-refractivity contribution in [2.45, 2.75) is 44.3 Å². The molecule has 0 saturated carbocycles. The van der Waals surface area contributed by atoms with Gasteiger partial charge in [-0.3, -0.25) is 0 Å². The smallest absolute Gasteiger partial charge is 0.194 e. The maximum atomic E-state index is 4.50. The molecular formula is C14H19N5S. The first-order valence-electron chi connectivity index (χ1n) is 6.66. The van der Waals surface area contributed by atoms with Crippen molar-refractivity contribution in [3.63, 3.8) is 0 Å². The molecular weight excluding hydrogens is 270 g/mol. The van der Waals surface area contributed by atoms with Gasteiger partial charge >= 0.3 is 0 Å². The SMILES string of the molecule is CCCNc1nc(C)nc(Sc2nccc(C)n2)c1C. The van der Waals surface area contributed by atoms with E-state index in [9.17, 15) is 0 Å². The zero-order valence-corrected chi connectivity index (χ0v) is 13.1. The molecule has 20 heavy (non-hydrogen) atoms. The molecule has 0 spiro atoms. The number of hydrogen-bond acceptors (Lipinski definition) is 6. The van der Waals surface area contributed by atoms with Crippen LogP contribution in [0.5, 0.6) is 0 Å². The van der Waals surface area contributed by atoms with Crippen molar-refractivity contribution in [1.82, 2.24) is 19.9 Å². The minimum absolute atomic E-state index is 0.715. The Balaban J connectivity index is 2.29. The molecule has 2 heterocycles. The van der Waals surface area contributed by atoms with Gasteiger partial charge in [-0.05, 0) is 45.0 Å². The van der Waals surface area contributed by atoms with Crippen LogP contribution in [0.25, 0.3) is 0 Å². The predicted octanol–water partition coefficient (Wildman–Crippen LogP) is 3.16. The van der Waals surface area contributed by atoms with E-state index in [1.165, 1.54) is 11.8 Å². The molecule has 0 aliphatic heterocycles. The van der Waals surface area contributed by atoms with Crippen molar-refractivity contribution in [3.8, 4) is 0 Å². The van der Waals surface area contributed by atoms with Gasteiger partial charge in [0.25, 0.3) is 0 Å². The third kappa shape index (κ3) is 3.66. The van der Waals surface area contributed by atoms with Gasteiger partial charge in [-0.25, -0.2) is 19.9 Å². The van der Waals surface area contributed by atoms with Crippen molar-refractivity contribution >= 4 is 17.6 Å². The molecule has 0 unspecified atom stereocenters. The van der Waals surface area contributed by atoms with Gasteiger partial charge < -0.3 is 5.32 Å². The van der Waals surface area contributed by atoms with Crippen LogP contribution in [-0.4, -0.2) is 26.5 Å². The van der Waals surface area contributed by atoms with E-state index in [2.05, 4.69) is 32.2 Å². The van der Waals surface area contributed by atoms with Gasteiger partial charge in [0, 0.05) is 24.0 Å². The Morgan fingerprint density at radius 2 is 1.95 bits per heavy atom. The second kappa shape index (κ2) is 6.65. The fraction of sp³-hybridized carbons (Fsp3) is 0.429. The summed E-state index contributed by atoms with van der Waals surface area (Å²) in [4.78, 5) is 17.6. The average Bonchev–Trinajstić information content (AvgIpc) is 2.41. The average molecular weight is 289 g/mol. The van der Waals surface area contributed by atoms with E-state index >= 15 is 0 Å². The monoisotopic (exact) mass is 289 g/mol. The Morgan fingerprint density at radius 1 is 1.15 bits per heavy atom. The van der Waals surface area contributed by atoms with Crippen LogP contribution in [-0.2, 0) is 0 Å². The lowest BCUT2D eigenvalue weighted by atomic mass is 10.3. The molecule has 0 radical (unpaired) electrons. The van der Waals surface area contributed by atoms with E-state index in [0.29, 0.717) is 5.16 Å². The standard InChI is InChI=1S/C14H19N5S/c1-5-7-15-12-10(3)13(19-11(4)18-12)20-14-16-8-6-9(2)17-14/h6,8H,5,7H2,1-4H3,(H,15,18,19). The highest BCUT2D eigenvalue weighted by Gasteiger charge is 2.11. The fourth-order valence-electron chi connectivity index (χ4n) is 1.68. The second-order valence-corrected chi connectivity index (χ2v) is 5.51. The van der Waals surface area contributed by atoms with Crippen LogP contribution in [0.2, 0.25) is 0 Å². The van der Waals surface area contributed by atoms with Crippen molar-refractivity contribution in [3.05, 3.63) is 29.3 Å². The first-order valence-corrected chi connectivity index (χ1v) is 7.48. The van der Waals surface area contributed by atoms with E-state index in [0.717, 1.165) is 40.9 Å². The fourth-order valence-corrected chi connectivity index (χ4v) is 2.58. The van der Waals surface area contributed by atoms with E-state index in [-0.39, 0.29) is 0 Å². The molecule has 6 heteroatoms. The summed E-state index contributed by atoms with van der Waals surface area (Å²) in [5.41, 5.74) is 1.99. The van der Waals surface area contributed by atoms with Crippen molar-refractivity contribution in [2.75, 3.05) is 11.9 Å². The molecule has 0 fully saturated rings. The van der Waals surface area contributed by atoms with E-state index in [1.54, 1.807) is 6.20 Å². The first-order chi connectivity index (χ1) is 9.60. The lowest BCUT2D eigenvalue weighted by Crippen LogP contribution is -2.07. The number of nitrogens with zero attached hydrogens (tertiary/aromatic N) is 4. The highest BCUT2D eigenvalue weighted by Crippen LogP contribution is 2.29. The Bertz CT molecular complexity index is 600. The highest BCUT2D eigenvalue weighted by atomic mass is 32.2. The third-order valence-electron chi connectivity index (χ3n) is 2.72. The number of aryl methyl sites for hydroxylation is 2. The molecule has 0 atom stereocenters. The van der Waals surface area contributed by atoms with Gasteiger partial charge in [-0.15, -0.1) is 0 Å². The summed E-state index contributed by atoms with van der Waals surface area (Å²) in [6.07, 6.45) is 2.83. The van der Waals surface area contributed by atoms with Crippen LogP contribution in [0.15, 0.2) is 22.4 Å². The first kappa shape index (κ1) is 14.7. The second-order valence-electron chi connectivity index (χ2n) is 4.56. The van der Waals surface area contributed by atoms with E-state index in [1.807, 2.05) is 26.8 Å². The lowest BCUT2D eigenvalue weighted by molar-refractivity contribution is 0.894. The maximum absolute atomic E-state index is 4.50. The highest BCUT2D eigenvalue weighted by molar-refractivity contribution is 7.99. The number of aromatic nitrogens is 4. The molecule has 0 bridgehead atoms. The largest absolute Gasteiger partial charge is 0.370 e. The number of rotatable bonds is 5. The summed E-state index contributed by atoms with van der Waals surface area (Å²) < 4.78 is 0. The summed E-state index contributed by atoms with van der Waals surface area (Å²) in [7, 11) is 0. The van der Waals surface area contributed by atoms with Crippen molar-refractivity contribution in [1.29, 1.82) is 0 Å². The van der Waals surface area contributed by atoms with Crippen LogP contribution in [0.1, 0.15) is 30.4 Å². The van der Waals surface area contributed by atoms with Gasteiger partial charge in [-0.2, -0.15) is 0 Å². The Hall–Kier alpha value is -1.69. The van der Waals surface area contributed by atoms with Crippen molar-refractivity contribution in [2.24, 2.45) is 0 Å². The van der Waals surface area contributed by atoms with Crippen LogP contribution in [0.3, 0.4) is 0 Å². The summed E-state index contributed by atoms with van der Waals surface area (Å²) >= 11 is 1.48. The molecule has 0 aliphatic rings. The molecule has 0 aromatic carbocycles. The summed E-state index contributed by atoms with van der Waals surface area (Å²) in [6, 6.07) is 1.89. The minimum atomic E-state index is 0.715. The van der Waals surface area contributed by atoms with Crippen LogP contribution in [0, 0.1) is 20.8 Å². The topological polar surface area (TPSA) is 63.6 Å². The quantitative estimate of drug-likeness (QED) is 0.674. The zero-order valence-electron chi connectivity index (χ0n) is 12.3. The van der Waals surface area contributed by atoms with Crippen LogP contribution < -0.4 is 5.32 Å².